The highest BCUT2D eigenvalue weighted by Gasteiger charge is 2.22. The molecule has 0 N–H and O–H groups in total. The first-order valence-electron chi connectivity index (χ1n) is 8.42. The Hall–Kier alpha value is -2.79. The summed E-state index contributed by atoms with van der Waals surface area (Å²) in [6, 6.07) is 11.7. The lowest BCUT2D eigenvalue weighted by molar-refractivity contribution is 0.0304. The fraction of sp³-hybridized carbons (Fsp3) is 0.250. The minimum atomic E-state index is 0.0337. The summed E-state index contributed by atoms with van der Waals surface area (Å²) in [5, 5.41) is 0.893. The molecule has 3 aromatic rings. The first-order valence-corrected chi connectivity index (χ1v) is 8.42. The van der Waals surface area contributed by atoms with Crippen LogP contribution in [0.2, 0.25) is 0 Å². The summed E-state index contributed by atoms with van der Waals surface area (Å²) in [6.07, 6.45) is 3.50. The van der Waals surface area contributed by atoms with Gasteiger partial charge in [-0.25, -0.2) is 4.98 Å². The molecule has 1 aromatic carbocycles. The SMILES string of the molecule is Cc1cccc2c(C(=O)N3CCOCC3)cc(-c3cccnc3)nc12. The Morgan fingerprint density at radius 1 is 1.16 bits per heavy atom. The van der Waals surface area contributed by atoms with Gasteiger partial charge in [0.15, 0.2) is 0 Å². The predicted octanol–water partition coefficient (Wildman–Crippen LogP) is 3.08. The zero-order chi connectivity index (χ0) is 17.2. The van der Waals surface area contributed by atoms with Crippen molar-refractivity contribution >= 4 is 16.8 Å². The summed E-state index contributed by atoms with van der Waals surface area (Å²) in [5.41, 5.74) is 4.28. The van der Waals surface area contributed by atoms with E-state index in [1.54, 1.807) is 12.4 Å². The smallest absolute Gasteiger partial charge is 0.254 e. The average molecular weight is 333 g/mol. The highest BCUT2D eigenvalue weighted by Crippen LogP contribution is 2.27. The number of hydrogen-bond donors (Lipinski definition) is 0. The van der Waals surface area contributed by atoms with Gasteiger partial charge in [-0.1, -0.05) is 18.2 Å². The number of aryl methyl sites for hydroxylation is 1. The standard InChI is InChI=1S/C20H19N3O2/c1-14-4-2-6-16-17(20(24)23-8-10-25-11-9-23)12-18(22-19(14)16)15-5-3-7-21-13-15/h2-7,12-13H,8-11H2,1H3. The molecule has 4 rings (SSSR count). The van der Waals surface area contributed by atoms with Gasteiger partial charge < -0.3 is 9.64 Å². The van der Waals surface area contributed by atoms with Crippen molar-refractivity contribution in [3.8, 4) is 11.3 Å². The number of para-hydroxylation sites is 1. The van der Waals surface area contributed by atoms with Gasteiger partial charge in [-0.3, -0.25) is 9.78 Å². The Morgan fingerprint density at radius 3 is 2.76 bits per heavy atom. The number of benzene rings is 1. The van der Waals surface area contributed by atoms with Crippen LogP contribution in [0.1, 0.15) is 15.9 Å². The van der Waals surface area contributed by atoms with Gasteiger partial charge in [0.05, 0.1) is 30.0 Å². The van der Waals surface area contributed by atoms with Crippen molar-refractivity contribution in [1.82, 2.24) is 14.9 Å². The lowest BCUT2D eigenvalue weighted by Gasteiger charge is -2.27. The molecule has 0 aliphatic carbocycles. The van der Waals surface area contributed by atoms with Crippen LogP contribution in [0.15, 0.2) is 48.8 Å². The van der Waals surface area contributed by atoms with Crippen molar-refractivity contribution in [1.29, 1.82) is 0 Å². The summed E-state index contributed by atoms with van der Waals surface area (Å²) in [7, 11) is 0. The molecular formula is C20H19N3O2. The normalized spacial score (nSPS) is 14.7. The maximum Gasteiger partial charge on any atom is 0.254 e. The minimum Gasteiger partial charge on any atom is -0.378 e. The number of fused-ring (bicyclic) bond motifs is 1. The molecule has 1 aliphatic rings. The molecule has 0 bridgehead atoms. The number of carbonyl (C=O) groups is 1. The van der Waals surface area contributed by atoms with E-state index in [1.807, 2.05) is 48.2 Å². The summed E-state index contributed by atoms with van der Waals surface area (Å²) >= 11 is 0. The number of nitrogens with zero attached hydrogens (tertiary/aromatic N) is 3. The second-order valence-electron chi connectivity index (χ2n) is 6.17. The molecular weight excluding hydrogens is 314 g/mol. The van der Waals surface area contributed by atoms with E-state index >= 15 is 0 Å². The molecule has 0 radical (unpaired) electrons. The minimum absolute atomic E-state index is 0.0337. The zero-order valence-corrected chi connectivity index (χ0v) is 14.1. The number of hydrogen-bond acceptors (Lipinski definition) is 4. The Morgan fingerprint density at radius 2 is 2.00 bits per heavy atom. The average Bonchev–Trinajstić information content (AvgIpc) is 2.68. The summed E-state index contributed by atoms with van der Waals surface area (Å²) in [6.45, 7) is 4.44. The van der Waals surface area contributed by atoms with Gasteiger partial charge in [-0.15, -0.1) is 0 Å². The molecule has 25 heavy (non-hydrogen) atoms. The molecule has 0 atom stereocenters. The van der Waals surface area contributed by atoms with Gasteiger partial charge in [0.1, 0.15) is 0 Å². The molecule has 0 saturated carbocycles. The summed E-state index contributed by atoms with van der Waals surface area (Å²) in [5.74, 6) is 0.0337. The van der Waals surface area contributed by atoms with Crippen molar-refractivity contribution in [2.24, 2.45) is 0 Å². The van der Waals surface area contributed by atoms with E-state index in [4.69, 9.17) is 9.72 Å². The van der Waals surface area contributed by atoms with Gasteiger partial charge >= 0.3 is 0 Å². The molecule has 1 fully saturated rings. The van der Waals surface area contributed by atoms with Gasteiger partial charge in [0, 0.05) is 36.4 Å². The van der Waals surface area contributed by atoms with E-state index in [1.165, 1.54) is 0 Å². The van der Waals surface area contributed by atoms with Crippen LogP contribution in [-0.2, 0) is 4.74 Å². The number of amides is 1. The third-order valence-electron chi connectivity index (χ3n) is 4.53. The first kappa shape index (κ1) is 15.7. The number of aromatic nitrogens is 2. The largest absolute Gasteiger partial charge is 0.378 e. The fourth-order valence-corrected chi connectivity index (χ4v) is 3.17. The molecule has 1 aliphatic heterocycles. The van der Waals surface area contributed by atoms with Crippen LogP contribution in [0.3, 0.4) is 0 Å². The molecule has 5 nitrogen and oxygen atoms in total. The van der Waals surface area contributed by atoms with E-state index < -0.39 is 0 Å². The highest BCUT2D eigenvalue weighted by atomic mass is 16.5. The van der Waals surface area contributed by atoms with Crippen LogP contribution in [-0.4, -0.2) is 47.1 Å². The van der Waals surface area contributed by atoms with Crippen molar-refractivity contribution in [3.05, 3.63) is 59.9 Å². The Balaban J connectivity index is 1.89. The topological polar surface area (TPSA) is 55.3 Å². The number of pyridine rings is 2. The lowest BCUT2D eigenvalue weighted by Crippen LogP contribution is -2.40. The molecule has 0 unspecified atom stereocenters. The Labute approximate surface area is 146 Å². The van der Waals surface area contributed by atoms with E-state index in [2.05, 4.69) is 4.98 Å². The lowest BCUT2D eigenvalue weighted by atomic mass is 10.0. The van der Waals surface area contributed by atoms with Gasteiger partial charge in [0.2, 0.25) is 0 Å². The quantitative estimate of drug-likeness (QED) is 0.723. The first-order chi connectivity index (χ1) is 12.2. The van der Waals surface area contributed by atoms with Crippen LogP contribution < -0.4 is 0 Å². The number of rotatable bonds is 2. The monoisotopic (exact) mass is 333 g/mol. The molecule has 1 saturated heterocycles. The van der Waals surface area contributed by atoms with Crippen LogP contribution in [0, 0.1) is 6.92 Å². The second kappa shape index (κ2) is 6.61. The van der Waals surface area contributed by atoms with Crippen LogP contribution in [0.5, 0.6) is 0 Å². The highest BCUT2D eigenvalue weighted by molar-refractivity contribution is 6.07. The van der Waals surface area contributed by atoms with E-state index in [9.17, 15) is 4.79 Å². The molecule has 1 amide bonds. The second-order valence-corrected chi connectivity index (χ2v) is 6.17. The Bertz CT molecular complexity index is 919. The number of carbonyl (C=O) groups excluding carboxylic acids is 1. The summed E-state index contributed by atoms with van der Waals surface area (Å²) in [4.78, 5) is 24.0. The van der Waals surface area contributed by atoms with E-state index in [0.29, 0.717) is 31.9 Å². The third-order valence-corrected chi connectivity index (χ3v) is 4.53. The van der Waals surface area contributed by atoms with Crippen molar-refractivity contribution in [2.75, 3.05) is 26.3 Å². The molecule has 126 valence electrons. The van der Waals surface area contributed by atoms with Crippen molar-refractivity contribution in [3.63, 3.8) is 0 Å². The maximum atomic E-state index is 13.1. The predicted molar refractivity (Wildman–Crippen MR) is 96.4 cm³/mol. The maximum absolute atomic E-state index is 13.1. The summed E-state index contributed by atoms with van der Waals surface area (Å²) < 4.78 is 5.37. The molecule has 2 aromatic heterocycles. The van der Waals surface area contributed by atoms with Crippen LogP contribution >= 0.6 is 0 Å². The molecule has 3 heterocycles. The van der Waals surface area contributed by atoms with Gasteiger partial charge in [-0.05, 0) is 30.7 Å². The van der Waals surface area contributed by atoms with E-state index in [0.717, 1.165) is 27.7 Å². The zero-order valence-electron chi connectivity index (χ0n) is 14.1. The van der Waals surface area contributed by atoms with E-state index in [-0.39, 0.29) is 5.91 Å². The van der Waals surface area contributed by atoms with Crippen LogP contribution in [0.25, 0.3) is 22.2 Å². The molecule has 0 spiro atoms. The Kier molecular flexibility index (Phi) is 4.15. The molecule has 5 heteroatoms. The van der Waals surface area contributed by atoms with Gasteiger partial charge in [-0.2, -0.15) is 0 Å². The fourth-order valence-electron chi connectivity index (χ4n) is 3.17. The van der Waals surface area contributed by atoms with Crippen LogP contribution in [0.4, 0.5) is 0 Å². The van der Waals surface area contributed by atoms with Gasteiger partial charge in [0.25, 0.3) is 5.91 Å². The third kappa shape index (κ3) is 2.98. The number of morpholine rings is 1. The van der Waals surface area contributed by atoms with Crippen molar-refractivity contribution < 1.29 is 9.53 Å². The van der Waals surface area contributed by atoms with Crippen molar-refractivity contribution in [2.45, 2.75) is 6.92 Å². The number of ether oxygens (including phenoxy) is 1.